The Bertz CT molecular complexity index is 519. The summed E-state index contributed by atoms with van der Waals surface area (Å²) in [4.78, 5) is 13.5. The highest BCUT2D eigenvalue weighted by Crippen LogP contribution is 2.28. The van der Waals surface area contributed by atoms with Crippen molar-refractivity contribution in [1.82, 2.24) is 0 Å². The highest BCUT2D eigenvalue weighted by Gasteiger charge is 2.28. The summed E-state index contributed by atoms with van der Waals surface area (Å²) in [7, 11) is 0. The maximum atomic E-state index is 11.8. The maximum absolute atomic E-state index is 11.8. The van der Waals surface area contributed by atoms with Gasteiger partial charge in [-0.1, -0.05) is 17.7 Å². The number of rotatable bonds is 2. The zero-order valence-corrected chi connectivity index (χ0v) is 9.94. The van der Waals surface area contributed by atoms with Crippen LogP contribution in [0.15, 0.2) is 30.9 Å². The minimum absolute atomic E-state index is 0.0426. The summed E-state index contributed by atoms with van der Waals surface area (Å²) in [6, 6.07) is 6.99. The third kappa shape index (κ3) is 2.32. The van der Waals surface area contributed by atoms with Gasteiger partial charge in [-0.25, -0.2) is 0 Å². The van der Waals surface area contributed by atoms with Gasteiger partial charge in [-0.3, -0.25) is 4.79 Å². The fourth-order valence-corrected chi connectivity index (χ4v) is 2.17. The SMILES string of the molecule is C=CC1CC(=O)N(c2cc(Cl)cc(C#N)c2)C1. The Kier molecular flexibility index (Phi) is 3.16. The third-order valence-corrected chi connectivity index (χ3v) is 3.03. The van der Waals surface area contributed by atoms with E-state index in [1.807, 2.05) is 6.07 Å². The molecule has 1 saturated heterocycles. The molecular formula is C13H11ClN2O. The van der Waals surface area contributed by atoms with Gasteiger partial charge >= 0.3 is 0 Å². The predicted octanol–water partition coefficient (Wildman–Crippen LogP) is 2.75. The Balaban J connectivity index is 2.35. The molecule has 86 valence electrons. The number of anilines is 1. The van der Waals surface area contributed by atoms with E-state index in [0.717, 1.165) is 0 Å². The summed E-state index contributed by atoms with van der Waals surface area (Å²) in [6.45, 7) is 4.30. The summed E-state index contributed by atoms with van der Waals surface area (Å²) in [5.74, 6) is 0.216. The van der Waals surface area contributed by atoms with Gasteiger partial charge in [-0.15, -0.1) is 6.58 Å². The lowest BCUT2D eigenvalue weighted by molar-refractivity contribution is -0.117. The number of carbonyl (C=O) groups is 1. The first-order chi connectivity index (χ1) is 8.13. The van der Waals surface area contributed by atoms with E-state index in [0.29, 0.717) is 29.2 Å². The van der Waals surface area contributed by atoms with Crippen molar-refractivity contribution in [2.75, 3.05) is 11.4 Å². The van der Waals surface area contributed by atoms with Crippen molar-refractivity contribution < 1.29 is 4.79 Å². The molecule has 1 fully saturated rings. The van der Waals surface area contributed by atoms with Crippen LogP contribution in [0.4, 0.5) is 5.69 Å². The molecule has 2 rings (SSSR count). The molecular weight excluding hydrogens is 236 g/mol. The minimum Gasteiger partial charge on any atom is -0.312 e. The Morgan fingerprint density at radius 3 is 2.88 bits per heavy atom. The lowest BCUT2D eigenvalue weighted by atomic mass is 10.1. The fourth-order valence-electron chi connectivity index (χ4n) is 1.94. The van der Waals surface area contributed by atoms with Gasteiger partial charge in [0.05, 0.1) is 11.6 Å². The van der Waals surface area contributed by atoms with Crippen molar-refractivity contribution in [3.8, 4) is 6.07 Å². The molecule has 4 heteroatoms. The molecule has 0 radical (unpaired) electrons. The van der Waals surface area contributed by atoms with Crippen molar-refractivity contribution in [3.63, 3.8) is 0 Å². The first kappa shape index (κ1) is 11.7. The van der Waals surface area contributed by atoms with E-state index in [4.69, 9.17) is 16.9 Å². The van der Waals surface area contributed by atoms with Crippen LogP contribution in [0, 0.1) is 17.2 Å². The fraction of sp³-hybridized carbons (Fsp3) is 0.231. The Morgan fingerprint density at radius 1 is 1.53 bits per heavy atom. The summed E-state index contributed by atoms with van der Waals surface area (Å²) in [5, 5.41) is 9.33. The van der Waals surface area contributed by atoms with Crippen molar-refractivity contribution in [1.29, 1.82) is 5.26 Å². The van der Waals surface area contributed by atoms with Crippen molar-refractivity contribution in [3.05, 3.63) is 41.4 Å². The molecule has 1 aromatic carbocycles. The van der Waals surface area contributed by atoms with Crippen LogP contribution in [0.2, 0.25) is 5.02 Å². The average Bonchev–Trinajstić information content (AvgIpc) is 2.69. The number of carbonyl (C=O) groups excluding carboxylic acids is 1. The number of amides is 1. The molecule has 0 N–H and O–H groups in total. The van der Waals surface area contributed by atoms with E-state index in [1.54, 1.807) is 29.2 Å². The van der Waals surface area contributed by atoms with Gasteiger partial charge in [0.1, 0.15) is 0 Å². The zero-order valence-electron chi connectivity index (χ0n) is 9.19. The standard InChI is InChI=1S/C13H11ClN2O/c1-2-9-5-13(17)16(8-9)12-4-10(7-15)3-11(14)6-12/h2-4,6,9H,1,5,8H2. The van der Waals surface area contributed by atoms with Gasteiger partial charge in [0, 0.05) is 29.6 Å². The second-order valence-electron chi connectivity index (χ2n) is 4.01. The van der Waals surface area contributed by atoms with E-state index in [1.165, 1.54) is 0 Å². The second-order valence-corrected chi connectivity index (χ2v) is 4.45. The average molecular weight is 247 g/mol. The number of nitriles is 1. The normalized spacial score (nSPS) is 19.2. The first-order valence-corrected chi connectivity index (χ1v) is 5.65. The van der Waals surface area contributed by atoms with E-state index >= 15 is 0 Å². The molecule has 1 aliphatic rings. The molecule has 0 aliphatic carbocycles. The smallest absolute Gasteiger partial charge is 0.227 e. The van der Waals surface area contributed by atoms with Crippen LogP contribution < -0.4 is 4.90 Å². The molecule has 0 aromatic heterocycles. The number of hydrogen-bond acceptors (Lipinski definition) is 2. The van der Waals surface area contributed by atoms with Crippen LogP contribution in [0.25, 0.3) is 0 Å². The molecule has 3 nitrogen and oxygen atoms in total. The van der Waals surface area contributed by atoms with Gasteiger partial charge in [0.15, 0.2) is 0 Å². The zero-order chi connectivity index (χ0) is 12.4. The largest absolute Gasteiger partial charge is 0.312 e. The van der Waals surface area contributed by atoms with Crippen LogP contribution in [-0.2, 0) is 4.79 Å². The quantitative estimate of drug-likeness (QED) is 0.753. The highest BCUT2D eigenvalue weighted by molar-refractivity contribution is 6.31. The summed E-state index contributed by atoms with van der Waals surface area (Å²) in [5.41, 5.74) is 1.14. The molecule has 0 spiro atoms. The third-order valence-electron chi connectivity index (χ3n) is 2.81. The summed E-state index contributed by atoms with van der Waals surface area (Å²) in [6.07, 6.45) is 2.26. The van der Waals surface area contributed by atoms with Crippen molar-refractivity contribution in [2.24, 2.45) is 5.92 Å². The van der Waals surface area contributed by atoms with Gasteiger partial charge < -0.3 is 4.90 Å². The predicted molar refractivity (Wildman–Crippen MR) is 66.8 cm³/mol. The molecule has 1 atom stereocenters. The highest BCUT2D eigenvalue weighted by atomic mass is 35.5. The number of benzene rings is 1. The van der Waals surface area contributed by atoms with Gasteiger partial charge in [0.2, 0.25) is 5.91 Å². The molecule has 1 aromatic rings. The Morgan fingerprint density at radius 2 is 2.29 bits per heavy atom. The van der Waals surface area contributed by atoms with Crippen LogP contribution in [-0.4, -0.2) is 12.5 Å². The molecule has 1 heterocycles. The monoisotopic (exact) mass is 246 g/mol. The van der Waals surface area contributed by atoms with Crippen LogP contribution in [0.1, 0.15) is 12.0 Å². The second kappa shape index (κ2) is 4.60. The van der Waals surface area contributed by atoms with Gasteiger partial charge in [-0.2, -0.15) is 5.26 Å². The summed E-state index contributed by atoms with van der Waals surface area (Å²) < 4.78 is 0. The van der Waals surface area contributed by atoms with Gasteiger partial charge in [-0.05, 0) is 18.2 Å². The minimum atomic E-state index is 0.0426. The van der Waals surface area contributed by atoms with Gasteiger partial charge in [0.25, 0.3) is 0 Å². The lowest BCUT2D eigenvalue weighted by Crippen LogP contribution is -2.24. The first-order valence-electron chi connectivity index (χ1n) is 5.27. The molecule has 1 aliphatic heterocycles. The van der Waals surface area contributed by atoms with E-state index in [2.05, 4.69) is 6.58 Å². The van der Waals surface area contributed by atoms with Crippen molar-refractivity contribution in [2.45, 2.75) is 6.42 Å². The van der Waals surface area contributed by atoms with Crippen LogP contribution in [0.3, 0.4) is 0 Å². The molecule has 0 saturated carbocycles. The van der Waals surface area contributed by atoms with Crippen molar-refractivity contribution >= 4 is 23.2 Å². The number of nitrogens with zero attached hydrogens (tertiary/aromatic N) is 2. The lowest BCUT2D eigenvalue weighted by Gasteiger charge is -2.16. The number of hydrogen-bond donors (Lipinski definition) is 0. The molecule has 1 unspecified atom stereocenters. The molecule has 1 amide bonds. The van der Waals surface area contributed by atoms with E-state index < -0.39 is 0 Å². The molecule has 0 bridgehead atoms. The van der Waals surface area contributed by atoms with E-state index in [-0.39, 0.29) is 11.8 Å². The van der Waals surface area contributed by atoms with E-state index in [9.17, 15) is 4.79 Å². The van der Waals surface area contributed by atoms with Crippen LogP contribution >= 0.6 is 11.6 Å². The Labute approximate surface area is 105 Å². The Hall–Kier alpha value is -1.79. The topological polar surface area (TPSA) is 44.1 Å². The van der Waals surface area contributed by atoms with Crippen LogP contribution in [0.5, 0.6) is 0 Å². The maximum Gasteiger partial charge on any atom is 0.227 e. The molecule has 17 heavy (non-hydrogen) atoms. The summed E-state index contributed by atoms with van der Waals surface area (Å²) >= 11 is 5.92. The number of halogens is 1.